The molecule has 2 N–H and O–H groups in total. The van der Waals surface area contributed by atoms with Crippen LogP contribution >= 0.6 is 0 Å². The molecule has 1 heterocycles. The highest BCUT2D eigenvalue weighted by atomic mass is 16.7. The van der Waals surface area contributed by atoms with Crippen molar-refractivity contribution in [3.63, 3.8) is 0 Å². The standard InChI is InChI=1S/C11H18O5/c12-4-7-3-9(11(13)14)10-5-16-6-15-2-1-8(7)10/h4,7-11,13-14H,1-3,5-6H2. The first kappa shape index (κ1) is 12.0. The normalized spacial score (nSPS) is 40.2. The number of carbonyl (C=O) groups is 1. The average Bonchev–Trinajstić information content (AvgIpc) is 2.55. The molecule has 0 aromatic carbocycles. The van der Waals surface area contributed by atoms with E-state index in [2.05, 4.69) is 0 Å². The van der Waals surface area contributed by atoms with Gasteiger partial charge in [0, 0.05) is 18.4 Å². The van der Waals surface area contributed by atoms with Gasteiger partial charge in [0.05, 0.1) is 6.61 Å². The first-order valence-corrected chi connectivity index (χ1v) is 5.71. The van der Waals surface area contributed by atoms with Crippen LogP contribution in [0.1, 0.15) is 12.8 Å². The van der Waals surface area contributed by atoms with Gasteiger partial charge in [0.1, 0.15) is 13.1 Å². The number of carbonyl (C=O) groups excluding carboxylic acids is 1. The Bertz CT molecular complexity index is 243. The number of aliphatic hydroxyl groups excluding tert-OH is 1. The average molecular weight is 230 g/mol. The van der Waals surface area contributed by atoms with E-state index >= 15 is 0 Å². The molecule has 1 saturated heterocycles. The molecule has 0 amide bonds. The van der Waals surface area contributed by atoms with Crippen molar-refractivity contribution < 1.29 is 24.5 Å². The molecule has 0 bridgehead atoms. The Kier molecular flexibility index (Phi) is 3.91. The van der Waals surface area contributed by atoms with Crippen LogP contribution in [0.4, 0.5) is 0 Å². The minimum atomic E-state index is -1.36. The second kappa shape index (κ2) is 5.23. The van der Waals surface area contributed by atoms with Crippen LogP contribution in [0.25, 0.3) is 0 Å². The maximum absolute atomic E-state index is 11.0. The second-order valence-corrected chi connectivity index (χ2v) is 4.63. The van der Waals surface area contributed by atoms with E-state index in [1.807, 2.05) is 0 Å². The third-order valence-electron chi connectivity index (χ3n) is 3.82. The summed E-state index contributed by atoms with van der Waals surface area (Å²) in [5.41, 5.74) is 0. The van der Waals surface area contributed by atoms with Crippen LogP contribution in [0.3, 0.4) is 0 Å². The van der Waals surface area contributed by atoms with Crippen molar-refractivity contribution in [1.29, 1.82) is 0 Å². The van der Waals surface area contributed by atoms with Crippen LogP contribution in [0.2, 0.25) is 0 Å². The minimum Gasteiger partial charge on any atom is -0.368 e. The Labute approximate surface area is 94.4 Å². The van der Waals surface area contributed by atoms with Gasteiger partial charge < -0.3 is 24.5 Å². The summed E-state index contributed by atoms with van der Waals surface area (Å²) in [4.78, 5) is 11.0. The molecule has 92 valence electrons. The molecule has 0 aromatic heterocycles. The van der Waals surface area contributed by atoms with Gasteiger partial charge in [0.2, 0.25) is 0 Å². The van der Waals surface area contributed by atoms with Gasteiger partial charge in [0.15, 0.2) is 6.29 Å². The summed E-state index contributed by atoms with van der Waals surface area (Å²) >= 11 is 0. The summed E-state index contributed by atoms with van der Waals surface area (Å²) in [6, 6.07) is 0. The predicted octanol–water partition coefficient (Wildman–Crippen LogP) is -0.241. The highest BCUT2D eigenvalue weighted by molar-refractivity contribution is 5.55. The smallest absolute Gasteiger partial charge is 0.154 e. The van der Waals surface area contributed by atoms with Crippen molar-refractivity contribution in [3.05, 3.63) is 0 Å². The van der Waals surface area contributed by atoms with Gasteiger partial charge >= 0.3 is 0 Å². The first-order chi connectivity index (χ1) is 7.74. The topological polar surface area (TPSA) is 76.0 Å². The molecule has 16 heavy (non-hydrogen) atoms. The maximum atomic E-state index is 11.0. The monoisotopic (exact) mass is 230 g/mol. The van der Waals surface area contributed by atoms with E-state index in [9.17, 15) is 15.0 Å². The van der Waals surface area contributed by atoms with E-state index in [0.29, 0.717) is 19.6 Å². The molecule has 4 atom stereocenters. The SMILES string of the molecule is O=CC1CC(C(O)O)C2COCOCCC12. The summed E-state index contributed by atoms with van der Waals surface area (Å²) in [6.07, 6.45) is 0.906. The number of hydrogen-bond acceptors (Lipinski definition) is 5. The lowest BCUT2D eigenvalue weighted by atomic mass is 9.85. The van der Waals surface area contributed by atoms with Gasteiger partial charge in [-0.25, -0.2) is 0 Å². The van der Waals surface area contributed by atoms with Gasteiger partial charge in [-0.2, -0.15) is 0 Å². The highest BCUT2D eigenvalue weighted by Crippen LogP contribution is 2.44. The number of rotatable bonds is 2. The third kappa shape index (κ3) is 2.27. The number of ether oxygens (including phenoxy) is 2. The van der Waals surface area contributed by atoms with E-state index < -0.39 is 6.29 Å². The molecule has 2 aliphatic rings. The van der Waals surface area contributed by atoms with Crippen molar-refractivity contribution in [1.82, 2.24) is 0 Å². The first-order valence-electron chi connectivity index (χ1n) is 5.71. The van der Waals surface area contributed by atoms with Crippen LogP contribution in [-0.4, -0.2) is 42.8 Å². The summed E-state index contributed by atoms with van der Waals surface area (Å²) in [6.45, 7) is 1.26. The molecule has 2 fully saturated rings. The Morgan fingerprint density at radius 1 is 1.25 bits per heavy atom. The zero-order chi connectivity index (χ0) is 11.5. The fourth-order valence-electron chi connectivity index (χ4n) is 2.99. The molecule has 1 saturated carbocycles. The third-order valence-corrected chi connectivity index (χ3v) is 3.82. The van der Waals surface area contributed by atoms with Crippen molar-refractivity contribution in [3.8, 4) is 0 Å². The van der Waals surface area contributed by atoms with Gasteiger partial charge in [-0.1, -0.05) is 0 Å². The van der Waals surface area contributed by atoms with Gasteiger partial charge in [-0.05, 0) is 24.7 Å². The van der Waals surface area contributed by atoms with E-state index in [4.69, 9.17) is 9.47 Å². The molecular formula is C11H18O5. The van der Waals surface area contributed by atoms with E-state index in [1.165, 1.54) is 0 Å². The molecule has 1 aliphatic carbocycles. The molecule has 2 rings (SSSR count). The Morgan fingerprint density at radius 2 is 2.06 bits per heavy atom. The lowest BCUT2D eigenvalue weighted by Gasteiger charge is -2.28. The number of aliphatic hydroxyl groups is 2. The van der Waals surface area contributed by atoms with Crippen molar-refractivity contribution in [2.45, 2.75) is 19.1 Å². The molecule has 0 radical (unpaired) electrons. The van der Waals surface area contributed by atoms with Gasteiger partial charge in [-0.15, -0.1) is 0 Å². The number of aldehydes is 1. The lowest BCUT2D eigenvalue weighted by molar-refractivity contribution is -0.133. The van der Waals surface area contributed by atoms with Crippen molar-refractivity contribution in [2.75, 3.05) is 20.0 Å². The largest absolute Gasteiger partial charge is 0.368 e. The number of hydrogen-bond donors (Lipinski definition) is 2. The summed E-state index contributed by atoms with van der Waals surface area (Å²) in [7, 11) is 0. The Hall–Kier alpha value is -0.490. The van der Waals surface area contributed by atoms with Crippen LogP contribution < -0.4 is 0 Å². The zero-order valence-corrected chi connectivity index (χ0v) is 9.12. The molecule has 1 aliphatic heterocycles. The fourth-order valence-corrected chi connectivity index (χ4v) is 2.99. The zero-order valence-electron chi connectivity index (χ0n) is 9.12. The van der Waals surface area contributed by atoms with Crippen molar-refractivity contribution >= 4 is 6.29 Å². The van der Waals surface area contributed by atoms with Crippen LogP contribution in [-0.2, 0) is 14.3 Å². The summed E-state index contributed by atoms with van der Waals surface area (Å²) in [5, 5.41) is 18.6. The molecule has 0 aromatic rings. The molecule has 0 spiro atoms. The highest BCUT2D eigenvalue weighted by Gasteiger charge is 2.45. The van der Waals surface area contributed by atoms with Crippen LogP contribution in [0.15, 0.2) is 0 Å². The van der Waals surface area contributed by atoms with E-state index in [-0.39, 0.29) is 30.5 Å². The molecule has 5 heteroatoms. The van der Waals surface area contributed by atoms with Crippen molar-refractivity contribution in [2.24, 2.45) is 23.7 Å². The fraction of sp³-hybridized carbons (Fsp3) is 0.909. The second-order valence-electron chi connectivity index (χ2n) is 4.63. The quantitative estimate of drug-likeness (QED) is 0.506. The van der Waals surface area contributed by atoms with Crippen LogP contribution in [0.5, 0.6) is 0 Å². The summed E-state index contributed by atoms with van der Waals surface area (Å²) in [5.74, 6) is -0.135. The molecule has 4 unspecified atom stereocenters. The van der Waals surface area contributed by atoms with Gasteiger partial charge in [0.25, 0.3) is 0 Å². The molecule has 5 nitrogen and oxygen atoms in total. The lowest BCUT2D eigenvalue weighted by Crippen LogP contribution is -2.32. The molecular weight excluding hydrogens is 212 g/mol. The predicted molar refractivity (Wildman–Crippen MR) is 54.3 cm³/mol. The number of fused-ring (bicyclic) bond motifs is 1. The van der Waals surface area contributed by atoms with E-state index in [0.717, 1.165) is 12.7 Å². The maximum Gasteiger partial charge on any atom is 0.154 e. The van der Waals surface area contributed by atoms with Gasteiger partial charge in [-0.3, -0.25) is 0 Å². The summed E-state index contributed by atoms with van der Waals surface area (Å²) < 4.78 is 10.5. The van der Waals surface area contributed by atoms with Crippen LogP contribution in [0, 0.1) is 23.7 Å². The van der Waals surface area contributed by atoms with E-state index in [1.54, 1.807) is 0 Å². The Balaban J connectivity index is 2.12. The minimum absolute atomic E-state index is 0.0547. The Morgan fingerprint density at radius 3 is 2.75 bits per heavy atom.